The quantitative estimate of drug-likeness (QED) is 0.881. The first-order chi connectivity index (χ1) is 10.0. The van der Waals surface area contributed by atoms with Crippen LogP contribution in [-0.2, 0) is 20.9 Å². The Balaban J connectivity index is 2.09. The van der Waals surface area contributed by atoms with Gasteiger partial charge in [-0.25, -0.2) is 4.79 Å². The molecule has 1 amide bonds. The lowest BCUT2D eigenvalue weighted by Crippen LogP contribution is -2.44. The van der Waals surface area contributed by atoms with Crippen molar-refractivity contribution in [1.82, 2.24) is 4.90 Å². The van der Waals surface area contributed by atoms with E-state index in [1.165, 1.54) is 12.0 Å². The van der Waals surface area contributed by atoms with E-state index in [2.05, 4.69) is 0 Å². The molecule has 1 atom stereocenters. The van der Waals surface area contributed by atoms with Crippen molar-refractivity contribution in [3.05, 3.63) is 35.4 Å². The van der Waals surface area contributed by atoms with E-state index in [-0.39, 0.29) is 12.5 Å². The smallest absolute Gasteiger partial charge is 0.337 e. The third-order valence-corrected chi connectivity index (χ3v) is 3.81. The van der Waals surface area contributed by atoms with Gasteiger partial charge in [-0.3, -0.25) is 4.79 Å². The van der Waals surface area contributed by atoms with Gasteiger partial charge in [0.1, 0.15) is 0 Å². The molecule has 0 aromatic heterocycles. The van der Waals surface area contributed by atoms with E-state index in [0.29, 0.717) is 25.1 Å². The monoisotopic (exact) mass is 293 g/mol. The van der Waals surface area contributed by atoms with Gasteiger partial charge in [-0.15, -0.1) is 0 Å². The van der Waals surface area contributed by atoms with Crippen molar-refractivity contribution in [2.45, 2.75) is 18.6 Å². The molecule has 1 aliphatic rings. The second-order valence-corrected chi connectivity index (χ2v) is 5.11. The average Bonchev–Trinajstić information content (AvgIpc) is 2.93. The van der Waals surface area contributed by atoms with Crippen LogP contribution in [0.3, 0.4) is 0 Å². The van der Waals surface area contributed by atoms with Crippen LogP contribution in [0.4, 0.5) is 0 Å². The summed E-state index contributed by atoms with van der Waals surface area (Å²) >= 11 is 0. The Morgan fingerprint density at radius 3 is 2.43 bits per heavy atom. The molecule has 21 heavy (non-hydrogen) atoms. The van der Waals surface area contributed by atoms with E-state index in [1.807, 2.05) is 12.1 Å². The predicted molar refractivity (Wildman–Crippen MR) is 75.1 cm³/mol. The molecule has 1 aromatic rings. The summed E-state index contributed by atoms with van der Waals surface area (Å²) < 4.78 is 10.1. The van der Waals surface area contributed by atoms with Crippen LogP contribution < -0.4 is 0 Å². The highest BCUT2D eigenvalue weighted by Gasteiger charge is 2.46. The zero-order chi connectivity index (χ0) is 15.5. The van der Waals surface area contributed by atoms with Crippen LogP contribution in [0, 0.1) is 0 Å². The molecule has 6 heteroatoms. The Hall–Kier alpha value is -1.92. The Kier molecular flexibility index (Phi) is 4.59. The molecule has 2 rings (SSSR count). The largest absolute Gasteiger partial charge is 0.479 e. The van der Waals surface area contributed by atoms with Crippen molar-refractivity contribution in [3.63, 3.8) is 0 Å². The summed E-state index contributed by atoms with van der Waals surface area (Å²) in [6.07, 6.45) is 0.298. The minimum absolute atomic E-state index is 0.0670. The van der Waals surface area contributed by atoms with Crippen LogP contribution in [0.1, 0.15) is 22.3 Å². The minimum Gasteiger partial charge on any atom is -0.479 e. The molecule has 6 nitrogen and oxygen atoms in total. The zero-order valence-corrected chi connectivity index (χ0v) is 12.2. The molecule has 1 heterocycles. The lowest BCUT2D eigenvalue weighted by molar-refractivity contribution is -0.160. The standard InChI is InChI=1S/C15H19NO5/c1-20-9-11-3-5-12(6-4-11)13(17)16-8-7-15(10-16,21-2)14(18)19/h3-6H,7-10H2,1-2H3,(H,18,19). The molecular formula is C15H19NO5. The Bertz CT molecular complexity index is 527. The van der Waals surface area contributed by atoms with Gasteiger partial charge in [-0.1, -0.05) is 12.1 Å². The van der Waals surface area contributed by atoms with E-state index in [1.54, 1.807) is 19.2 Å². The number of carboxylic acid groups (broad SMARTS) is 1. The first-order valence-corrected chi connectivity index (χ1v) is 6.68. The SMILES string of the molecule is COCc1ccc(C(=O)N2CCC(OC)(C(=O)O)C2)cc1. The number of carbonyl (C=O) groups excluding carboxylic acids is 1. The van der Waals surface area contributed by atoms with Gasteiger partial charge in [0.2, 0.25) is 0 Å². The molecule has 0 spiro atoms. The molecule has 0 radical (unpaired) electrons. The summed E-state index contributed by atoms with van der Waals surface area (Å²) in [5, 5.41) is 9.25. The van der Waals surface area contributed by atoms with Crippen LogP contribution >= 0.6 is 0 Å². The number of likely N-dealkylation sites (tertiary alicyclic amines) is 1. The second kappa shape index (κ2) is 6.24. The Labute approximate surface area is 123 Å². The van der Waals surface area contributed by atoms with Gasteiger partial charge in [-0.05, 0) is 17.7 Å². The fourth-order valence-corrected chi connectivity index (χ4v) is 2.48. The van der Waals surface area contributed by atoms with Crippen LogP contribution in [0.2, 0.25) is 0 Å². The predicted octanol–water partition coefficient (Wildman–Crippen LogP) is 1.15. The highest BCUT2D eigenvalue weighted by molar-refractivity contribution is 5.95. The van der Waals surface area contributed by atoms with Gasteiger partial charge < -0.3 is 19.5 Å². The molecule has 1 aromatic carbocycles. The van der Waals surface area contributed by atoms with Crippen molar-refractivity contribution in [1.29, 1.82) is 0 Å². The average molecular weight is 293 g/mol. The zero-order valence-electron chi connectivity index (χ0n) is 12.2. The number of ether oxygens (including phenoxy) is 2. The van der Waals surface area contributed by atoms with Gasteiger partial charge in [-0.2, -0.15) is 0 Å². The Morgan fingerprint density at radius 1 is 1.29 bits per heavy atom. The van der Waals surface area contributed by atoms with E-state index >= 15 is 0 Å². The van der Waals surface area contributed by atoms with Crippen LogP contribution in [0.15, 0.2) is 24.3 Å². The maximum absolute atomic E-state index is 12.4. The number of amides is 1. The van der Waals surface area contributed by atoms with Crippen molar-refractivity contribution in [2.75, 3.05) is 27.3 Å². The normalized spacial score (nSPS) is 21.5. The number of hydrogen-bond acceptors (Lipinski definition) is 4. The molecule has 1 saturated heterocycles. The summed E-state index contributed by atoms with van der Waals surface area (Å²) in [4.78, 5) is 25.2. The summed E-state index contributed by atoms with van der Waals surface area (Å²) in [7, 11) is 2.97. The molecule has 1 fully saturated rings. The second-order valence-electron chi connectivity index (χ2n) is 5.11. The van der Waals surface area contributed by atoms with Gasteiger partial charge >= 0.3 is 5.97 Å². The van der Waals surface area contributed by atoms with E-state index in [4.69, 9.17) is 9.47 Å². The molecular weight excluding hydrogens is 274 g/mol. The van der Waals surface area contributed by atoms with Gasteiger partial charge in [0.25, 0.3) is 5.91 Å². The van der Waals surface area contributed by atoms with E-state index in [9.17, 15) is 14.7 Å². The summed E-state index contributed by atoms with van der Waals surface area (Å²) in [6.45, 7) is 0.931. The number of carbonyl (C=O) groups is 2. The van der Waals surface area contributed by atoms with Crippen molar-refractivity contribution < 1.29 is 24.2 Å². The first-order valence-electron chi connectivity index (χ1n) is 6.68. The van der Waals surface area contributed by atoms with Crippen molar-refractivity contribution >= 4 is 11.9 Å². The number of aliphatic carboxylic acids is 1. The minimum atomic E-state index is -1.29. The van der Waals surface area contributed by atoms with E-state index in [0.717, 1.165) is 5.56 Å². The highest BCUT2D eigenvalue weighted by Crippen LogP contribution is 2.26. The fraction of sp³-hybridized carbons (Fsp3) is 0.467. The molecule has 0 bridgehead atoms. The van der Waals surface area contributed by atoms with Gasteiger partial charge in [0.15, 0.2) is 5.60 Å². The molecule has 1 N–H and O–H groups in total. The number of benzene rings is 1. The number of methoxy groups -OCH3 is 2. The van der Waals surface area contributed by atoms with Crippen LogP contribution in [-0.4, -0.2) is 54.8 Å². The molecule has 0 saturated carbocycles. The summed E-state index contributed by atoms with van der Waals surface area (Å²) in [5.41, 5.74) is 0.227. The third-order valence-electron chi connectivity index (χ3n) is 3.81. The number of nitrogens with zero attached hydrogens (tertiary/aromatic N) is 1. The van der Waals surface area contributed by atoms with Crippen molar-refractivity contribution in [2.24, 2.45) is 0 Å². The fourth-order valence-electron chi connectivity index (χ4n) is 2.48. The highest BCUT2D eigenvalue weighted by atomic mass is 16.5. The third kappa shape index (κ3) is 3.06. The number of rotatable bonds is 5. The van der Waals surface area contributed by atoms with Crippen LogP contribution in [0.25, 0.3) is 0 Å². The van der Waals surface area contributed by atoms with Crippen molar-refractivity contribution in [3.8, 4) is 0 Å². The molecule has 1 aliphatic heterocycles. The Morgan fingerprint density at radius 2 is 1.95 bits per heavy atom. The maximum Gasteiger partial charge on any atom is 0.337 e. The lowest BCUT2D eigenvalue weighted by Gasteiger charge is -2.23. The van der Waals surface area contributed by atoms with Crippen LogP contribution in [0.5, 0.6) is 0 Å². The summed E-state index contributed by atoms with van der Waals surface area (Å²) in [6, 6.07) is 7.11. The maximum atomic E-state index is 12.4. The first kappa shape index (κ1) is 15.5. The van der Waals surface area contributed by atoms with E-state index < -0.39 is 11.6 Å². The van der Waals surface area contributed by atoms with Gasteiger partial charge in [0, 0.05) is 32.7 Å². The molecule has 0 aliphatic carbocycles. The van der Waals surface area contributed by atoms with Gasteiger partial charge in [0.05, 0.1) is 13.2 Å². The molecule has 114 valence electrons. The number of carboxylic acids is 1. The summed E-state index contributed by atoms with van der Waals surface area (Å²) in [5.74, 6) is -1.21. The lowest BCUT2D eigenvalue weighted by atomic mass is 10.0. The molecule has 1 unspecified atom stereocenters. The number of hydrogen-bond donors (Lipinski definition) is 1. The topological polar surface area (TPSA) is 76.1 Å².